The number of carbonyl (C=O) groups excluding carboxylic acids is 1. The van der Waals surface area contributed by atoms with E-state index in [-0.39, 0.29) is 24.8 Å². The van der Waals surface area contributed by atoms with E-state index in [1.54, 1.807) is 36.4 Å². The third-order valence-corrected chi connectivity index (χ3v) is 3.74. The van der Waals surface area contributed by atoms with Crippen LogP contribution in [0.25, 0.3) is 0 Å². The molecular formula is C19H22N6O4. The highest BCUT2D eigenvalue weighted by molar-refractivity contribution is 5.95. The summed E-state index contributed by atoms with van der Waals surface area (Å²) in [4.78, 5) is 27.4. The van der Waals surface area contributed by atoms with E-state index in [1.807, 2.05) is 0 Å². The normalized spacial score (nSPS) is 11.2. The van der Waals surface area contributed by atoms with Gasteiger partial charge in [-0.3, -0.25) is 15.0 Å². The number of aliphatic carboxylic acids is 1. The zero-order valence-electron chi connectivity index (χ0n) is 15.5. The Balaban J connectivity index is 2.05. The standard InChI is InChI=1S/C19H22N6O4/c20-17(21)12-2-1-3-15(8-12)29-10-14(9-16(26)27)24-18(28)11-4-6-13(7-5-11)25-19(22)23/h1-8,14H,9-10H2,(H3,20,21)(H,24,28)(H,26,27)(H4,22,23,25)/t14-/m1/s1. The second kappa shape index (κ2) is 9.74. The number of carboxylic acids is 1. The van der Waals surface area contributed by atoms with Gasteiger partial charge in [0.15, 0.2) is 5.96 Å². The number of amidine groups is 1. The molecular weight excluding hydrogens is 376 g/mol. The number of ether oxygens (including phenoxy) is 1. The van der Waals surface area contributed by atoms with E-state index in [2.05, 4.69) is 10.3 Å². The molecule has 0 bridgehead atoms. The fourth-order valence-electron chi connectivity index (χ4n) is 2.42. The fourth-order valence-corrected chi connectivity index (χ4v) is 2.42. The van der Waals surface area contributed by atoms with Gasteiger partial charge in [0.05, 0.1) is 18.2 Å². The predicted octanol–water partition coefficient (Wildman–Crippen LogP) is 0.528. The Morgan fingerprint density at radius 3 is 2.38 bits per heavy atom. The van der Waals surface area contributed by atoms with E-state index < -0.39 is 17.9 Å². The number of benzene rings is 2. The average molecular weight is 398 g/mol. The molecule has 0 saturated carbocycles. The van der Waals surface area contributed by atoms with Gasteiger partial charge in [0.1, 0.15) is 18.2 Å². The highest BCUT2D eigenvalue weighted by Gasteiger charge is 2.18. The molecule has 2 aromatic carbocycles. The van der Waals surface area contributed by atoms with Gasteiger partial charge in [-0.25, -0.2) is 4.99 Å². The zero-order valence-corrected chi connectivity index (χ0v) is 15.5. The van der Waals surface area contributed by atoms with Crippen LogP contribution in [0.1, 0.15) is 22.3 Å². The predicted molar refractivity (Wildman–Crippen MR) is 108 cm³/mol. The van der Waals surface area contributed by atoms with Gasteiger partial charge in [-0.2, -0.15) is 0 Å². The molecule has 0 spiro atoms. The summed E-state index contributed by atoms with van der Waals surface area (Å²) in [7, 11) is 0. The molecule has 0 saturated heterocycles. The number of nitrogens with two attached hydrogens (primary N) is 3. The van der Waals surface area contributed by atoms with Crippen molar-refractivity contribution in [2.24, 2.45) is 22.2 Å². The average Bonchev–Trinajstić information content (AvgIpc) is 2.66. The molecule has 1 atom stereocenters. The van der Waals surface area contributed by atoms with E-state index in [0.29, 0.717) is 22.6 Å². The molecule has 0 unspecified atom stereocenters. The molecule has 9 N–H and O–H groups in total. The van der Waals surface area contributed by atoms with Crippen molar-refractivity contribution >= 4 is 29.4 Å². The maximum Gasteiger partial charge on any atom is 0.305 e. The Hall–Kier alpha value is -4.08. The zero-order chi connectivity index (χ0) is 21.4. The summed E-state index contributed by atoms with van der Waals surface area (Å²) in [6.45, 7) is -0.0779. The summed E-state index contributed by atoms with van der Waals surface area (Å²) in [5.41, 5.74) is 17.3. The van der Waals surface area contributed by atoms with Gasteiger partial charge < -0.3 is 32.4 Å². The largest absolute Gasteiger partial charge is 0.491 e. The Morgan fingerprint density at radius 1 is 1.10 bits per heavy atom. The van der Waals surface area contributed by atoms with Crippen LogP contribution in [0.2, 0.25) is 0 Å². The molecule has 0 aromatic heterocycles. The summed E-state index contributed by atoms with van der Waals surface area (Å²) in [5.74, 6) is -1.36. The van der Waals surface area contributed by atoms with Crippen LogP contribution in [0.15, 0.2) is 53.5 Å². The van der Waals surface area contributed by atoms with Crippen molar-refractivity contribution < 1.29 is 19.4 Å². The van der Waals surface area contributed by atoms with E-state index >= 15 is 0 Å². The van der Waals surface area contributed by atoms with Crippen LogP contribution in [0.5, 0.6) is 5.75 Å². The Kier molecular flexibility index (Phi) is 7.13. The van der Waals surface area contributed by atoms with Crippen LogP contribution in [-0.4, -0.2) is 41.4 Å². The number of rotatable bonds is 9. The van der Waals surface area contributed by atoms with Gasteiger partial charge in [0, 0.05) is 11.1 Å². The minimum absolute atomic E-state index is 0.0779. The van der Waals surface area contributed by atoms with Crippen LogP contribution in [0, 0.1) is 5.41 Å². The first-order valence-electron chi connectivity index (χ1n) is 8.54. The van der Waals surface area contributed by atoms with Crippen molar-refractivity contribution in [2.45, 2.75) is 12.5 Å². The third-order valence-electron chi connectivity index (χ3n) is 3.74. The molecule has 10 nitrogen and oxygen atoms in total. The van der Waals surface area contributed by atoms with Crippen molar-refractivity contribution in [3.05, 3.63) is 59.7 Å². The molecule has 0 aliphatic rings. The van der Waals surface area contributed by atoms with Crippen molar-refractivity contribution in [3.63, 3.8) is 0 Å². The van der Waals surface area contributed by atoms with E-state index in [0.717, 1.165) is 0 Å². The number of hydrogen-bond acceptors (Lipinski definition) is 5. The number of carboxylic acid groups (broad SMARTS) is 1. The van der Waals surface area contributed by atoms with Gasteiger partial charge in [0.25, 0.3) is 5.91 Å². The first kappa shape index (κ1) is 21.2. The molecule has 0 aliphatic heterocycles. The number of nitrogens with one attached hydrogen (secondary N) is 2. The summed E-state index contributed by atoms with van der Waals surface area (Å²) in [6.07, 6.45) is -0.329. The molecule has 0 fully saturated rings. The van der Waals surface area contributed by atoms with Crippen molar-refractivity contribution in [1.29, 1.82) is 5.41 Å². The lowest BCUT2D eigenvalue weighted by Crippen LogP contribution is -2.40. The molecule has 29 heavy (non-hydrogen) atoms. The molecule has 1 amide bonds. The van der Waals surface area contributed by atoms with Crippen LogP contribution in [0.4, 0.5) is 5.69 Å². The van der Waals surface area contributed by atoms with Crippen LogP contribution in [-0.2, 0) is 4.79 Å². The Bertz CT molecular complexity index is 923. The molecule has 152 valence electrons. The molecule has 10 heteroatoms. The summed E-state index contributed by atoms with van der Waals surface area (Å²) >= 11 is 0. The van der Waals surface area contributed by atoms with Gasteiger partial charge in [-0.1, -0.05) is 12.1 Å². The van der Waals surface area contributed by atoms with Crippen molar-refractivity contribution in [2.75, 3.05) is 6.61 Å². The summed E-state index contributed by atoms with van der Waals surface area (Å²) < 4.78 is 5.58. The lowest BCUT2D eigenvalue weighted by Gasteiger charge is -2.18. The third kappa shape index (κ3) is 6.86. The second-order valence-electron chi connectivity index (χ2n) is 6.10. The fraction of sp³-hybridized carbons (Fsp3) is 0.158. The van der Waals surface area contributed by atoms with Gasteiger partial charge in [-0.15, -0.1) is 0 Å². The van der Waals surface area contributed by atoms with Gasteiger partial charge in [0.2, 0.25) is 0 Å². The van der Waals surface area contributed by atoms with Crippen LogP contribution >= 0.6 is 0 Å². The van der Waals surface area contributed by atoms with E-state index in [1.165, 1.54) is 12.1 Å². The van der Waals surface area contributed by atoms with E-state index in [4.69, 9.17) is 32.5 Å². The lowest BCUT2D eigenvalue weighted by molar-refractivity contribution is -0.137. The molecule has 2 aromatic rings. The topological polar surface area (TPSA) is 190 Å². The number of carbonyl (C=O) groups is 2. The molecule has 0 aliphatic carbocycles. The first-order valence-corrected chi connectivity index (χ1v) is 8.54. The van der Waals surface area contributed by atoms with Gasteiger partial charge >= 0.3 is 5.97 Å². The monoisotopic (exact) mass is 398 g/mol. The van der Waals surface area contributed by atoms with Crippen LogP contribution < -0.4 is 27.3 Å². The van der Waals surface area contributed by atoms with Gasteiger partial charge in [-0.05, 0) is 36.4 Å². The number of aliphatic imine (C=N–C) groups is 1. The SMILES string of the molecule is N=C(N)c1cccc(OC[C@@H](CC(=O)O)NC(=O)c2ccc(N=C(N)N)cc2)c1. The molecule has 0 radical (unpaired) electrons. The minimum atomic E-state index is -1.08. The minimum Gasteiger partial charge on any atom is -0.491 e. The smallest absolute Gasteiger partial charge is 0.305 e. The Labute approximate surface area is 166 Å². The number of amides is 1. The molecule has 0 heterocycles. The Morgan fingerprint density at radius 2 is 1.79 bits per heavy atom. The van der Waals surface area contributed by atoms with Crippen LogP contribution in [0.3, 0.4) is 0 Å². The van der Waals surface area contributed by atoms with Crippen molar-refractivity contribution in [3.8, 4) is 5.75 Å². The maximum absolute atomic E-state index is 12.4. The quantitative estimate of drug-likeness (QED) is 0.262. The van der Waals surface area contributed by atoms with E-state index in [9.17, 15) is 9.59 Å². The maximum atomic E-state index is 12.4. The summed E-state index contributed by atoms with van der Waals surface area (Å²) in [6, 6.07) is 11.9. The van der Waals surface area contributed by atoms with Crippen molar-refractivity contribution in [1.82, 2.24) is 5.32 Å². The highest BCUT2D eigenvalue weighted by Crippen LogP contribution is 2.15. The second-order valence-corrected chi connectivity index (χ2v) is 6.10. The number of nitrogens with zero attached hydrogens (tertiary/aromatic N) is 1. The number of guanidine groups is 1. The molecule has 2 rings (SSSR count). The highest BCUT2D eigenvalue weighted by atomic mass is 16.5. The lowest BCUT2D eigenvalue weighted by atomic mass is 10.1. The first-order chi connectivity index (χ1) is 13.7. The number of hydrogen-bond donors (Lipinski definition) is 6. The summed E-state index contributed by atoms with van der Waals surface area (Å²) in [5, 5.41) is 19.2. The number of nitrogen functional groups attached to an aromatic ring is 1.